The average molecular weight is 286 g/mol. The number of aromatic nitrogens is 1. The number of hydrogen-bond acceptors (Lipinski definition) is 3. The number of hydrogen-bond donors (Lipinski definition) is 1. The van der Waals surface area contributed by atoms with E-state index in [1.54, 1.807) is 0 Å². The molecule has 0 aliphatic heterocycles. The molecule has 0 saturated heterocycles. The van der Waals surface area contributed by atoms with Gasteiger partial charge in [0.2, 0.25) is 5.88 Å². The second-order valence-corrected chi connectivity index (χ2v) is 6.50. The van der Waals surface area contributed by atoms with Gasteiger partial charge in [0.05, 0.1) is 0 Å². The van der Waals surface area contributed by atoms with E-state index in [9.17, 15) is 4.79 Å². The second-order valence-electron chi connectivity index (χ2n) is 6.50. The van der Waals surface area contributed by atoms with Gasteiger partial charge in [-0.05, 0) is 23.1 Å². The third-order valence-corrected chi connectivity index (χ3v) is 3.38. The summed E-state index contributed by atoms with van der Waals surface area (Å²) in [6.07, 6.45) is 1.35. The van der Waals surface area contributed by atoms with Gasteiger partial charge in [-0.2, -0.15) is 0 Å². The molecule has 0 radical (unpaired) electrons. The highest BCUT2D eigenvalue weighted by atomic mass is 16.4. The third kappa shape index (κ3) is 3.51. The van der Waals surface area contributed by atoms with Crippen molar-refractivity contribution in [1.82, 2.24) is 4.98 Å². The molecule has 1 amide bonds. The summed E-state index contributed by atoms with van der Waals surface area (Å²) in [7, 11) is 0. The number of nitrogens with zero attached hydrogens (tertiary/aromatic N) is 1. The van der Waals surface area contributed by atoms with Gasteiger partial charge in [-0.25, -0.2) is 4.98 Å². The molecule has 1 aromatic carbocycles. The molecule has 112 valence electrons. The molecule has 0 spiro atoms. The monoisotopic (exact) mass is 286 g/mol. The molecule has 0 bridgehead atoms. The van der Waals surface area contributed by atoms with E-state index in [1.165, 1.54) is 12.0 Å². The number of amides is 1. The van der Waals surface area contributed by atoms with Gasteiger partial charge < -0.3 is 4.42 Å². The summed E-state index contributed by atoms with van der Waals surface area (Å²) in [4.78, 5) is 16.4. The van der Waals surface area contributed by atoms with Crippen LogP contribution in [0.15, 0.2) is 35.1 Å². The summed E-state index contributed by atoms with van der Waals surface area (Å²) < 4.78 is 5.25. The van der Waals surface area contributed by atoms with Crippen LogP contribution in [-0.4, -0.2) is 10.9 Å². The van der Waals surface area contributed by atoms with E-state index in [1.807, 2.05) is 38.1 Å². The Bertz CT molecular complexity index is 619. The van der Waals surface area contributed by atoms with Crippen molar-refractivity contribution in [2.75, 3.05) is 5.32 Å². The molecule has 0 aliphatic carbocycles. The normalized spacial score (nSPS) is 11.7. The van der Waals surface area contributed by atoms with E-state index in [4.69, 9.17) is 4.42 Å². The first-order valence-corrected chi connectivity index (χ1v) is 7.14. The van der Waals surface area contributed by atoms with Crippen molar-refractivity contribution in [3.8, 4) is 0 Å². The largest absolute Gasteiger partial charge is 0.427 e. The lowest BCUT2D eigenvalue weighted by Crippen LogP contribution is -2.15. The predicted molar refractivity (Wildman–Crippen MR) is 83.7 cm³/mol. The van der Waals surface area contributed by atoms with Gasteiger partial charge in [0.25, 0.3) is 5.91 Å². The maximum atomic E-state index is 12.2. The molecule has 4 nitrogen and oxygen atoms in total. The van der Waals surface area contributed by atoms with Crippen molar-refractivity contribution in [2.24, 2.45) is 0 Å². The van der Waals surface area contributed by atoms with Crippen LogP contribution in [0.3, 0.4) is 0 Å². The van der Waals surface area contributed by atoms with Crippen LogP contribution < -0.4 is 5.32 Å². The zero-order valence-electron chi connectivity index (χ0n) is 13.2. The molecule has 1 N–H and O–H groups in total. The van der Waals surface area contributed by atoms with Crippen molar-refractivity contribution in [3.05, 3.63) is 47.5 Å². The number of anilines is 1. The number of rotatable bonds is 3. The van der Waals surface area contributed by atoms with Crippen molar-refractivity contribution < 1.29 is 9.21 Å². The summed E-state index contributed by atoms with van der Waals surface area (Å²) in [5.74, 6) is 0.436. The Balaban J connectivity index is 2.15. The summed E-state index contributed by atoms with van der Waals surface area (Å²) >= 11 is 0. The lowest BCUT2D eigenvalue weighted by molar-refractivity contribution is 0.102. The fourth-order valence-electron chi connectivity index (χ4n) is 2.06. The van der Waals surface area contributed by atoms with Crippen molar-refractivity contribution in [1.29, 1.82) is 0 Å². The fraction of sp³-hybridized carbons (Fsp3) is 0.412. The van der Waals surface area contributed by atoms with E-state index in [0.29, 0.717) is 11.4 Å². The van der Waals surface area contributed by atoms with Gasteiger partial charge >= 0.3 is 0 Å². The summed E-state index contributed by atoms with van der Waals surface area (Å²) in [6, 6.07) is 7.64. The lowest BCUT2D eigenvalue weighted by Gasteiger charge is -2.19. The van der Waals surface area contributed by atoms with Crippen LogP contribution in [0.25, 0.3) is 0 Å². The molecular formula is C17H22N2O2. The quantitative estimate of drug-likeness (QED) is 0.912. The van der Waals surface area contributed by atoms with Crippen molar-refractivity contribution in [3.63, 3.8) is 0 Å². The minimum absolute atomic E-state index is 0.0742. The van der Waals surface area contributed by atoms with Crippen LogP contribution in [-0.2, 0) is 5.41 Å². The van der Waals surface area contributed by atoms with Crippen LogP contribution in [0.4, 0.5) is 5.88 Å². The van der Waals surface area contributed by atoms with E-state index < -0.39 is 0 Å². The first-order chi connectivity index (χ1) is 9.79. The summed E-state index contributed by atoms with van der Waals surface area (Å²) in [6.45, 7) is 10.4. The molecule has 2 aromatic rings. The van der Waals surface area contributed by atoms with E-state index in [0.717, 1.165) is 5.69 Å². The van der Waals surface area contributed by atoms with Crippen LogP contribution in [0, 0.1) is 0 Å². The van der Waals surface area contributed by atoms with Gasteiger partial charge in [-0.1, -0.05) is 46.8 Å². The maximum Gasteiger partial charge on any atom is 0.258 e. The zero-order valence-corrected chi connectivity index (χ0v) is 13.2. The van der Waals surface area contributed by atoms with E-state index in [-0.39, 0.29) is 17.2 Å². The average Bonchev–Trinajstić information content (AvgIpc) is 2.86. The van der Waals surface area contributed by atoms with E-state index in [2.05, 4.69) is 31.1 Å². The van der Waals surface area contributed by atoms with Crippen molar-refractivity contribution >= 4 is 11.8 Å². The van der Waals surface area contributed by atoms with Gasteiger partial charge in [0, 0.05) is 11.5 Å². The number of benzene rings is 1. The minimum atomic E-state index is -0.186. The fourth-order valence-corrected chi connectivity index (χ4v) is 2.06. The third-order valence-electron chi connectivity index (χ3n) is 3.38. The number of carbonyl (C=O) groups excluding carboxylic acids is 1. The highest BCUT2D eigenvalue weighted by Crippen LogP contribution is 2.24. The van der Waals surface area contributed by atoms with Gasteiger partial charge in [-0.15, -0.1) is 0 Å². The zero-order chi connectivity index (χ0) is 15.6. The maximum absolute atomic E-state index is 12.2. The SMILES string of the molecule is CC(C)c1ncoc1NC(=O)c1ccc(C(C)(C)C)cc1. The number of nitrogens with one attached hydrogen (secondary N) is 1. The molecule has 0 fully saturated rings. The summed E-state index contributed by atoms with van der Waals surface area (Å²) in [5.41, 5.74) is 2.63. The van der Waals surface area contributed by atoms with E-state index >= 15 is 0 Å². The predicted octanol–water partition coefficient (Wildman–Crippen LogP) is 4.35. The number of carbonyl (C=O) groups is 1. The van der Waals surface area contributed by atoms with Crippen LogP contribution in [0.1, 0.15) is 62.2 Å². The molecule has 2 rings (SSSR count). The van der Waals surface area contributed by atoms with Crippen molar-refractivity contribution in [2.45, 2.75) is 46.0 Å². The Kier molecular flexibility index (Phi) is 4.16. The Morgan fingerprint density at radius 1 is 1.19 bits per heavy atom. The first kappa shape index (κ1) is 15.3. The molecule has 1 heterocycles. The molecular weight excluding hydrogens is 264 g/mol. The Morgan fingerprint density at radius 2 is 1.81 bits per heavy atom. The molecule has 1 aromatic heterocycles. The van der Waals surface area contributed by atoms with Gasteiger partial charge in [0.15, 0.2) is 6.39 Å². The molecule has 4 heteroatoms. The van der Waals surface area contributed by atoms with Crippen LogP contribution >= 0.6 is 0 Å². The van der Waals surface area contributed by atoms with Gasteiger partial charge in [-0.3, -0.25) is 10.1 Å². The smallest absolute Gasteiger partial charge is 0.258 e. The topological polar surface area (TPSA) is 55.1 Å². The first-order valence-electron chi connectivity index (χ1n) is 7.14. The molecule has 0 aliphatic rings. The highest BCUT2D eigenvalue weighted by Gasteiger charge is 2.17. The molecule has 21 heavy (non-hydrogen) atoms. The lowest BCUT2D eigenvalue weighted by atomic mass is 9.87. The van der Waals surface area contributed by atoms with Crippen LogP contribution in [0.2, 0.25) is 0 Å². The second kappa shape index (κ2) is 5.72. The number of oxazole rings is 1. The van der Waals surface area contributed by atoms with Gasteiger partial charge in [0.1, 0.15) is 5.69 Å². The highest BCUT2D eigenvalue weighted by molar-refractivity contribution is 6.03. The standard InChI is InChI=1S/C17H22N2O2/c1-11(2)14-16(21-10-18-14)19-15(20)12-6-8-13(9-7-12)17(3,4)5/h6-11H,1-5H3,(H,19,20). The van der Waals surface area contributed by atoms with Crippen LogP contribution in [0.5, 0.6) is 0 Å². The molecule has 0 unspecified atom stereocenters. The molecule has 0 atom stereocenters. The minimum Gasteiger partial charge on any atom is -0.427 e. The molecule has 0 saturated carbocycles. The Labute approximate surface area is 125 Å². The Hall–Kier alpha value is -2.10. The summed E-state index contributed by atoms with van der Waals surface area (Å²) in [5, 5.41) is 2.78. The Morgan fingerprint density at radius 3 is 2.33 bits per heavy atom.